The van der Waals surface area contributed by atoms with Gasteiger partial charge in [-0.2, -0.15) is 0 Å². The zero-order valence-electron chi connectivity index (χ0n) is 9.87. The molecule has 1 saturated carbocycles. The third-order valence-electron chi connectivity index (χ3n) is 3.23. The zero-order chi connectivity index (χ0) is 11.8. The topological polar surface area (TPSA) is 29.1 Å². The van der Waals surface area contributed by atoms with Crippen LogP contribution in [0.3, 0.4) is 0 Å². The fourth-order valence-corrected chi connectivity index (χ4v) is 2.08. The first-order chi connectivity index (χ1) is 7.83. The molecule has 88 valence electrons. The molecule has 0 heterocycles. The Morgan fingerprint density at radius 2 is 2.06 bits per heavy atom. The highest BCUT2D eigenvalue weighted by molar-refractivity contribution is 5.45. The van der Waals surface area contributed by atoms with E-state index >= 15 is 0 Å². The Kier molecular flexibility index (Phi) is 5.62. The predicted molar refractivity (Wildman–Crippen MR) is 68.1 cm³/mol. The molecule has 1 rings (SSSR count). The summed E-state index contributed by atoms with van der Waals surface area (Å²) in [6.45, 7) is 8.51. The van der Waals surface area contributed by atoms with Crippen LogP contribution in [0.25, 0.3) is 0 Å². The van der Waals surface area contributed by atoms with Crippen LogP contribution in [0.2, 0.25) is 0 Å². The number of rotatable bonds is 8. The lowest BCUT2D eigenvalue weighted by Gasteiger charge is -2.28. The largest absolute Gasteiger partial charge is 0.359 e. The van der Waals surface area contributed by atoms with Gasteiger partial charge in [-0.3, -0.25) is 4.79 Å². The van der Waals surface area contributed by atoms with E-state index in [9.17, 15) is 4.79 Å². The molecule has 2 nitrogen and oxygen atoms in total. The Morgan fingerprint density at radius 3 is 2.50 bits per heavy atom. The molecule has 0 radical (unpaired) electrons. The molecular weight excluding hydrogens is 198 g/mol. The van der Waals surface area contributed by atoms with Crippen molar-refractivity contribution in [2.24, 2.45) is 5.92 Å². The van der Waals surface area contributed by atoms with Gasteiger partial charge in [0.05, 0.1) is 0 Å². The summed E-state index contributed by atoms with van der Waals surface area (Å²) >= 11 is 0. The minimum Gasteiger partial charge on any atom is -0.359 e. The summed E-state index contributed by atoms with van der Waals surface area (Å²) in [5, 5.41) is 2.68. The summed E-state index contributed by atoms with van der Waals surface area (Å²) in [6, 6.07) is 0. The monoisotopic (exact) mass is 219 g/mol. The molecule has 0 bridgehead atoms. The van der Waals surface area contributed by atoms with E-state index < -0.39 is 0 Å². The Hall–Kier alpha value is -1.31. The molecule has 0 spiro atoms. The molecule has 0 aromatic heterocycles. The maximum atomic E-state index is 10.1. The van der Waals surface area contributed by atoms with Gasteiger partial charge in [-0.05, 0) is 42.7 Å². The Bertz CT molecular complexity index is 287. The zero-order valence-corrected chi connectivity index (χ0v) is 9.87. The second-order valence-corrected chi connectivity index (χ2v) is 4.19. The summed E-state index contributed by atoms with van der Waals surface area (Å²) in [7, 11) is 0. The molecule has 0 unspecified atom stereocenters. The maximum absolute atomic E-state index is 10.1. The quantitative estimate of drug-likeness (QED) is 0.379. The number of carbonyl (C=O) groups is 1. The highest BCUT2D eigenvalue weighted by Gasteiger charge is 2.21. The Morgan fingerprint density at radius 1 is 1.31 bits per heavy atom. The predicted octanol–water partition coefficient (Wildman–Crippen LogP) is 2.98. The normalized spacial score (nSPS) is 17.0. The van der Waals surface area contributed by atoms with E-state index in [-0.39, 0.29) is 0 Å². The number of carbonyl (C=O) groups excluding carboxylic acids is 1. The minimum absolute atomic E-state index is 0.699. The second kappa shape index (κ2) is 7.04. The van der Waals surface area contributed by atoms with Crippen molar-refractivity contribution >= 4 is 6.41 Å². The fraction of sp³-hybridized carbons (Fsp3) is 0.500. The minimum atomic E-state index is 0.699. The number of nitrogens with one attached hydrogen (secondary N) is 1. The van der Waals surface area contributed by atoms with Gasteiger partial charge in [0.2, 0.25) is 6.41 Å². The molecule has 0 saturated heterocycles. The van der Waals surface area contributed by atoms with Crippen molar-refractivity contribution in [3.63, 3.8) is 0 Å². The van der Waals surface area contributed by atoms with Crippen LogP contribution in [0.4, 0.5) is 0 Å². The van der Waals surface area contributed by atoms with Gasteiger partial charge >= 0.3 is 0 Å². The Labute approximate surface area is 98.1 Å². The van der Waals surface area contributed by atoms with Crippen LogP contribution in [0.15, 0.2) is 36.5 Å². The first kappa shape index (κ1) is 12.8. The molecule has 0 aromatic rings. The third-order valence-corrected chi connectivity index (χ3v) is 3.23. The molecule has 0 atom stereocenters. The molecule has 2 heteroatoms. The maximum Gasteiger partial charge on any atom is 0.207 e. The van der Waals surface area contributed by atoms with E-state index in [1.54, 1.807) is 0 Å². The van der Waals surface area contributed by atoms with Gasteiger partial charge in [0, 0.05) is 6.54 Å². The number of hydrogen-bond acceptors (Lipinski definition) is 1. The van der Waals surface area contributed by atoms with Gasteiger partial charge in [-0.25, -0.2) is 0 Å². The van der Waals surface area contributed by atoms with E-state index in [0.29, 0.717) is 5.92 Å². The molecule has 1 fully saturated rings. The molecule has 0 aliphatic heterocycles. The van der Waals surface area contributed by atoms with E-state index in [2.05, 4.69) is 18.5 Å². The number of amides is 1. The molecule has 1 aliphatic rings. The lowest BCUT2D eigenvalue weighted by atomic mass is 9.77. The summed E-state index contributed by atoms with van der Waals surface area (Å²) in [5.41, 5.74) is 2.67. The summed E-state index contributed by atoms with van der Waals surface area (Å²) in [6.07, 6.45) is 10.5. The van der Waals surface area contributed by atoms with Crippen molar-refractivity contribution in [2.75, 3.05) is 6.54 Å². The first-order valence-corrected chi connectivity index (χ1v) is 5.98. The van der Waals surface area contributed by atoms with Crippen molar-refractivity contribution < 1.29 is 4.79 Å². The number of allylic oxidation sites excluding steroid dienone is 4. The van der Waals surface area contributed by atoms with Gasteiger partial charge in [0.15, 0.2) is 0 Å². The van der Waals surface area contributed by atoms with Gasteiger partial charge < -0.3 is 5.32 Å². The fourth-order valence-electron chi connectivity index (χ4n) is 2.08. The highest BCUT2D eigenvalue weighted by atomic mass is 16.1. The van der Waals surface area contributed by atoms with Crippen LogP contribution in [0, 0.1) is 5.92 Å². The molecule has 1 amide bonds. The first-order valence-electron chi connectivity index (χ1n) is 5.98. The van der Waals surface area contributed by atoms with Crippen LogP contribution >= 0.6 is 0 Å². The third kappa shape index (κ3) is 3.37. The van der Waals surface area contributed by atoms with Crippen LogP contribution in [-0.4, -0.2) is 13.0 Å². The SMILES string of the molecule is C=C/C(CCCNC=O)=C(\C=C)C1CCC1. The average Bonchev–Trinajstić information content (AvgIpc) is 2.24. The molecule has 16 heavy (non-hydrogen) atoms. The molecule has 1 aliphatic carbocycles. The van der Waals surface area contributed by atoms with Crippen LogP contribution in [-0.2, 0) is 4.79 Å². The summed E-state index contributed by atoms with van der Waals surface area (Å²) in [4.78, 5) is 10.1. The van der Waals surface area contributed by atoms with Crippen molar-refractivity contribution in [1.29, 1.82) is 0 Å². The van der Waals surface area contributed by atoms with E-state index in [1.807, 2.05) is 12.2 Å². The van der Waals surface area contributed by atoms with E-state index in [0.717, 1.165) is 25.8 Å². The van der Waals surface area contributed by atoms with Gasteiger partial charge in [-0.1, -0.05) is 31.7 Å². The second-order valence-electron chi connectivity index (χ2n) is 4.19. The lowest BCUT2D eigenvalue weighted by molar-refractivity contribution is -0.109. The molecule has 0 aromatic carbocycles. The van der Waals surface area contributed by atoms with Crippen molar-refractivity contribution in [3.05, 3.63) is 36.5 Å². The lowest BCUT2D eigenvalue weighted by Crippen LogP contribution is -2.15. The Balaban J connectivity index is 2.53. The van der Waals surface area contributed by atoms with Crippen LogP contribution in [0.1, 0.15) is 32.1 Å². The highest BCUT2D eigenvalue weighted by Crippen LogP contribution is 2.36. The summed E-state index contributed by atoms with van der Waals surface area (Å²) < 4.78 is 0. The van der Waals surface area contributed by atoms with Gasteiger partial charge in [0.25, 0.3) is 0 Å². The molecule has 1 N–H and O–H groups in total. The smallest absolute Gasteiger partial charge is 0.207 e. The summed E-state index contributed by atoms with van der Waals surface area (Å²) in [5.74, 6) is 0.699. The van der Waals surface area contributed by atoms with Crippen LogP contribution < -0.4 is 5.32 Å². The standard InChI is InChI=1S/C14H21NO/c1-3-12(9-6-10-15-11-16)14(4-2)13-7-5-8-13/h3-4,11,13H,1-2,5-10H2,(H,15,16)/b14-12-. The average molecular weight is 219 g/mol. The molecular formula is C14H21NO. The van der Waals surface area contributed by atoms with E-state index in [1.165, 1.54) is 30.4 Å². The van der Waals surface area contributed by atoms with Gasteiger partial charge in [-0.15, -0.1) is 0 Å². The van der Waals surface area contributed by atoms with Crippen molar-refractivity contribution in [2.45, 2.75) is 32.1 Å². The van der Waals surface area contributed by atoms with Crippen molar-refractivity contribution in [1.82, 2.24) is 5.32 Å². The van der Waals surface area contributed by atoms with E-state index in [4.69, 9.17) is 0 Å². The van der Waals surface area contributed by atoms with Crippen molar-refractivity contribution in [3.8, 4) is 0 Å². The van der Waals surface area contributed by atoms with Gasteiger partial charge in [0.1, 0.15) is 0 Å². The van der Waals surface area contributed by atoms with Crippen LogP contribution in [0.5, 0.6) is 0 Å². The number of hydrogen-bond donors (Lipinski definition) is 1.